The summed E-state index contributed by atoms with van der Waals surface area (Å²) in [5, 5.41) is 17.3. The van der Waals surface area contributed by atoms with Crippen molar-refractivity contribution in [3.63, 3.8) is 0 Å². The first-order chi connectivity index (χ1) is 6.68. The predicted molar refractivity (Wildman–Crippen MR) is 52.8 cm³/mol. The van der Waals surface area contributed by atoms with E-state index in [0.717, 1.165) is 32.1 Å². The van der Waals surface area contributed by atoms with Gasteiger partial charge in [0.15, 0.2) is 0 Å². The maximum absolute atomic E-state index is 10.8. The van der Waals surface area contributed by atoms with Gasteiger partial charge < -0.3 is 14.9 Å². The zero-order chi connectivity index (χ0) is 10.8. The Kier molecular flexibility index (Phi) is 8.57. The number of rotatable bonds is 8. The SMILES string of the molecule is CC(O)C(=O)OCCCCCCCO. The summed E-state index contributed by atoms with van der Waals surface area (Å²) in [6.07, 6.45) is 3.70. The van der Waals surface area contributed by atoms with E-state index in [1.54, 1.807) is 0 Å². The third-order valence-corrected chi connectivity index (χ3v) is 1.89. The Hall–Kier alpha value is -0.610. The third-order valence-electron chi connectivity index (χ3n) is 1.89. The Bertz CT molecular complexity index is 145. The van der Waals surface area contributed by atoms with Gasteiger partial charge in [-0.25, -0.2) is 4.79 Å². The first kappa shape index (κ1) is 13.4. The second kappa shape index (κ2) is 8.97. The number of hydrogen-bond donors (Lipinski definition) is 2. The van der Waals surface area contributed by atoms with E-state index in [-0.39, 0.29) is 6.61 Å². The summed E-state index contributed by atoms with van der Waals surface area (Å²) in [6.45, 7) is 2.02. The average Bonchev–Trinajstić information content (AvgIpc) is 2.16. The molecule has 0 aliphatic heterocycles. The van der Waals surface area contributed by atoms with E-state index < -0.39 is 12.1 Å². The highest BCUT2D eigenvalue weighted by atomic mass is 16.5. The quantitative estimate of drug-likeness (QED) is 0.454. The summed E-state index contributed by atoms with van der Waals surface area (Å²) < 4.78 is 4.77. The monoisotopic (exact) mass is 204 g/mol. The number of ether oxygens (including phenoxy) is 1. The number of unbranched alkanes of at least 4 members (excludes halogenated alkanes) is 4. The van der Waals surface area contributed by atoms with Crippen molar-refractivity contribution in [3.8, 4) is 0 Å². The van der Waals surface area contributed by atoms with Gasteiger partial charge in [-0.05, 0) is 19.8 Å². The van der Waals surface area contributed by atoms with E-state index in [9.17, 15) is 4.79 Å². The molecule has 0 amide bonds. The van der Waals surface area contributed by atoms with E-state index in [1.165, 1.54) is 6.92 Å². The van der Waals surface area contributed by atoms with Gasteiger partial charge in [0.05, 0.1) is 6.61 Å². The van der Waals surface area contributed by atoms with Gasteiger partial charge in [0, 0.05) is 6.61 Å². The highest BCUT2D eigenvalue weighted by Crippen LogP contribution is 2.02. The lowest BCUT2D eigenvalue weighted by atomic mass is 10.1. The van der Waals surface area contributed by atoms with Crippen LogP contribution in [0.1, 0.15) is 39.0 Å². The van der Waals surface area contributed by atoms with E-state index in [0.29, 0.717) is 6.61 Å². The van der Waals surface area contributed by atoms with Crippen molar-refractivity contribution in [3.05, 3.63) is 0 Å². The maximum atomic E-state index is 10.8. The van der Waals surface area contributed by atoms with Crippen LogP contribution in [-0.2, 0) is 9.53 Å². The van der Waals surface area contributed by atoms with Crippen molar-refractivity contribution >= 4 is 5.97 Å². The lowest BCUT2D eigenvalue weighted by molar-refractivity contribution is -0.152. The van der Waals surface area contributed by atoms with Gasteiger partial charge in [0.1, 0.15) is 6.10 Å². The van der Waals surface area contributed by atoms with Crippen molar-refractivity contribution < 1.29 is 19.7 Å². The summed E-state index contributed by atoms with van der Waals surface area (Å²) in [5.41, 5.74) is 0. The molecule has 0 aliphatic carbocycles. The number of carbonyl (C=O) groups is 1. The van der Waals surface area contributed by atoms with E-state index in [1.807, 2.05) is 0 Å². The van der Waals surface area contributed by atoms with Gasteiger partial charge in [0.25, 0.3) is 0 Å². The largest absolute Gasteiger partial charge is 0.464 e. The van der Waals surface area contributed by atoms with Crippen molar-refractivity contribution in [2.75, 3.05) is 13.2 Å². The average molecular weight is 204 g/mol. The van der Waals surface area contributed by atoms with E-state index in [4.69, 9.17) is 14.9 Å². The second-order valence-corrected chi connectivity index (χ2v) is 3.33. The molecule has 2 N–H and O–H groups in total. The van der Waals surface area contributed by atoms with Crippen LogP contribution in [0, 0.1) is 0 Å². The summed E-state index contributed by atoms with van der Waals surface area (Å²) in [6, 6.07) is 0. The predicted octanol–water partition coefficient (Wildman–Crippen LogP) is 0.853. The molecule has 0 saturated heterocycles. The minimum absolute atomic E-state index is 0.247. The molecule has 0 aromatic carbocycles. The second-order valence-electron chi connectivity index (χ2n) is 3.33. The first-order valence-corrected chi connectivity index (χ1v) is 5.14. The lowest BCUT2D eigenvalue weighted by Gasteiger charge is -2.05. The molecule has 4 heteroatoms. The van der Waals surface area contributed by atoms with Gasteiger partial charge in [-0.2, -0.15) is 0 Å². The van der Waals surface area contributed by atoms with Gasteiger partial charge in [-0.1, -0.05) is 19.3 Å². The molecule has 84 valence electrons. The van der Waals surface area contributed by atoms with Crippen molar-refractivity contribution in [2.45, 2.75) is 45.1 Å². The molecule has 1 atom stereocenters. The minimum atomic E-state index is -1.02. The zero-order valence-corrected chi connectivity index (χ0v) is 8.74. The fourth-order valence-electron chi connectivity index (χ4n) is 1.04. The normalized spacial score (nSPS) is 12.5. The molecule has 0 aromatic heterocycles. The zero-order valence-electron chi connectivity index (χ0n) is 8.74. The molecule has 0 aromatic rings. The van der Waals surface area contributed by atoms with Crippen molar-refractivity contribution in [2.24, 2.45) is 0 Å². The van der Waals surface area contributed by atoms with E-state index in [2.05, 4.69) is 0 Å². The topological polar surface area (TPSA) is 66.8 Å². The third kappa shape index (κ3) is 8.01. The molecule has 0 spiro atoms. The Morgan fingerprint density at radius 1 is 1.21 bits per heavy atom. The lowest BCUT2D eigenvalue weighted by Crippen LogP contribution is -2.19. The van der Waals surface area contributed by atoms with Crippen LogP contribution in [0.3, 0.4) is 0 Å². The molecule has 0 radical (unpaired) electrons. The number of carbonyl (C=O) groups excluding carboxylic acids is 1. The van der Waals surface area contributed by atoms with Crippen molar-refractivity contribution in [1.29, 1.82) is 0 Å². The highest BCUT2D eigenvalue weighted by Gasteiger charge is 2.08. The fraction of sp³-hybridized carbons (Fsp3) is 0.900. The first-order valence-electron chi connectivity index (χ1n) is 5.14. The van der Waals surface area contributed by atoms with Crippen molar-refractivity contribution in [1.82, 2.24) is 0 Å². The Morgan fingerprint density at radius 3 is 2.36 bits per heavy atom. The molecule has 4 nitrogen and oxygen atoms in total. The molecule has 0 rings (SSSR count). The summed E-state index contributed by atoms with van der Waals surface area (Å²) in [7, 11) is 0. The highest BCUT2D eigenvalue weighted by molar-refractivity contribution is 5.73. The van der Waals surface area contributed by atoms with Gasteiger partial charge in [-0.15, -0.1) is 0 Å². The molecule has 14 heavy (non-hydrogen) atoms. The van der Waals surface area contributed by atoms with Crippen LogP contribution in [0.5, 0.6) is 0 Å². The molecule has 0 saturated carbocycles. The summed E-state index contributed by atoms with van der Waals surface area (Å²) >= 11 is 0. The number of aliphatic hydroxyl groups excluding tert-OH is 2. The number of esters is 1. The van der Waals surface area contributed by atoms with Crippen LogP contribution in [0.15, 0.2) is 0 Å². The smallest absolute Gasteiger partial charge is 0.334 e. The minimum Gasteiger partial charge on any atom is -0.464 e. The molecule has 0 fully saturated rings. The Morgan fingerprint density at radius 2 is 1.79 bits per heavy atom. The molecular formula is C10H20O4. The van der Waals surface area contributed by atoms with Crippen LogP contribution < -0.4 is 0 Å². The van der Waals surface area contributed by atoms with Gasteiger partial charge in [-0.3, -0.25) is 0 Å². The molecule has 0 aliphatic rings. The molecule has 0 bridgehead atoms. The van der Waals surface area contributed by atoms with Gasteiger partial charge >= 0.3 is 5.97 Å². The standard InChI is InChI=1S/C10H20O4/c1-9(12)10(13)14-8-6-4-2-3-5-7-11/h9,11-12H,2-8H2,1H3. The van der Waals surface area contributed by atoms with Crippen LogP contribution in [0.2, 0.25) is 0 Å². The van der Waals surface area contributed by atoms with Crippen LogP contribution in [-0.4, -0.2) is 35.5 Å². The Labute approximate surface area is 84.9 Å². The fourth-order valence-corrected chi connectivity index (χ4v) is 1.04. The van der Waals surface area contributed by atoms with Crippen LogP contribution in [0.25, 0.3) is 0 Å². The maximum Gasteiger partial charge on any atom is 0.334 e. The number of aliphatic hydroxyl groups is 2. The Balaban J connectivity index is 3.10. The molecule has 1 unspecified atom stereocenters. The summed E-state index contributed by atoms with van der Waals surface area (Å²) in [5.74, 6) is -0.555. The summed E-state index contributed by atoms with van der Waals surface area (Å²) in [4.78, 5) is 10.8. The van der Waals surface area contributed by atoms with Crippen LogP contribution in [0.4, 0.5) is 0 Å². The number of hydrogen-bond acceptors (Lipinski definition) is 4. The molecular weight excluding hydrogens is 184 g/mol. The molecule has 0 heterocycles. The van der Waals surface area contributed by atoms with Crippen LogP contribution >= 0.6 is 0 Å². The van der Waals surface area contributed by atoms with Gasteiger partial charge in [0.2, 0.25) is 0 Å². The van der Waals surface area contributed by atoms with E-state index >= 15 is 0 Å².